The predicted molar refractivity (Wildman–Crippen MR) is 72.3 cm³/mol. The number of hydrogen-bond acceptors (Lipinski definition) is 4. The Morgan fingerprint density at radius 3 is 3.00 bits per heavy atom. The minimum Gasteiger partial charge on any atom is -0.439 e. The molecule has 0 aliphatic carbocycles. The summed E-state index contributed by atoms with van der Waals surface area (Å²) >= 11 is 5.89. The van der Waals surface area contributed by atoms with Crippen molar-refractivity contribution in [1.29, 1.82) is 0 Å². The molecule has 0 radical (unpaired) electrons. The van der Waals surface area contributed by atoms with E-state index in [4.69, 9.17) is 16.3 Å². The lowest BCUT2D eigenvalue weighted by Gasteiger charge is -2.07. The fraction of sp³-hybridized carbons (Fsp3) is 0.231. The van der Waals surface area contributed by atoms with Crippen molar-refractivity contribution in [3.05, 3.63) is 41.6 Å². The van der Waals surface area contributed by atoms with E-state index in [2.05, 4.69) is 22.2 Å². The summed E-state index contributed by atoms with van der Waals surface area (Å²) in [7, 11) is 0. The zero-order valence-corrected chi connectivity index (χ0v) is 10.8. The van der Waals surface area contributed by atoms with Gasteiger partial charge in [0.15, 0.2) is 0 Å². The van der Waals surface area contributed by atoms with Crippen molar-refractivity contribution in [1.82, 2.24) is 9.97 Å². The van der Waals surface area contributed by atoms with Gasteiger partial charge in [0.05, 0.1) is 0 Å². The fourth-order valence-electron chi connectivity index (χ4n) is 1.37. The van der Waals surface area contributed by atoms with Gasteiger partial charge in [0.2, 0.25) is 11.8 Å². The van der Waals surface area contributed by atoms with Gasteiger partial charge in [-0.15, -0.1) is 0 Å². The monoisotopic (exact) mass is 263 g/mol. The van der Waals surface area contributed by atoms with E-state index < -0.39 is 0 Å². The van der Waals surface area contributed by atoms with Crippen molar-refractivity contribution >= 4 is 17.5 Å². The summed E-state index contributed by atoms with van der Waals surface area (Å²) in [5, 5.41) is 3.73. The van der Waals surface area contributed by atoms with Crippen LogP contribution in [-0.4, -0.2) is 16.5 Å². The Kier molecular flexibility index (Phi) is 4.36. The Balaban J connectivity index is 2.09. The summed E-state index contributed by atoms with van der Waals surface area (Å²) in [5.74, 6) is 1.71. The molecule has 0 fully saturated rings. The van der Waals surface area contributed by atoms with Gasteiger partial charge >= 0.3 is 0 Å². The third-order valence-corrected chi connectivity index (χ3v) is 2.42. The second-order valence-corrected chi connectivity index (χ2v) is 4.14. The van der Waals surface area contributed by atoms with Gasteiger partial charge in [-0.2, -0.15) is 4.98 Å². The molecule has 2 rings (SSSR count). The Hall–Kier alpha value is -1.81. The van der Waals surface area contributed by atoms with Crippen LogP contribution in [0.15, 0.2) is 36.5 Å². The molecule has 0 aliphatic heterocycles. The molecule has 0 amide bonds. The van der Waals surface area contributed by atoms with Crippen molar-refractivity contribution in [2.24, 2.45) is 0 Å². The first-order chi connectivity index (χ1) is 8.78. The van der Waals surface area contributed by atoms with Crippen LogP contribution in [-0.2, 0) is 0 Å². The van der Waals surface area contributed by atoms with Gasteiger partial charge in [0.1, 0.15) is 5.75 Å². The third kappa shape index (κ3) is 3.60. The molecule has 18 heavy (non-hydrogen) atoms. The van der Waals surface area contributed by atoms with Gasteiger partial charge in [0.25, 0.3) is 0 Å². The number of nitrogens with one attached hydrogen (secondary N) is 1. The molecule has 0 bridgehead atoms. The quantitative estimate of drug-likeness (QED) is 0.893. The molecule has 1 N–H and O–H groups in total. The minimum absolute atomic E-state index is 0.492. The number of rotatable bonds is 5. The van der Waals surface area contributed by atoms with E-state index in [-0.39, 0.29) is 0 Å². The lowest BCUT2D eigenvalue weighted by molar-refractivity contribution is 0.462. The van der Waals surface area contributed by atoms with Crippen LogP contribution in [0.3, 0.4) is 0 Å². The number of nitrogens with zero attached hydrogens (tertiary/aromatic N) is 2. The van der Waals surface area contributed by atoms with E-state index in [1.165, 1.54) is 0 Å². The Bertz CT molecular complexity index is 519. The maximum Gasteiger partial charge on any atom is 0.225 e. The SMILES string of the molecule is CCCNc1nccc(Oc2cccc(Cl)c2)n1. The van der Waals surface area contributed by atoms with E-state index in [9.17, 15) is 0 Å². The molecular formula is C13H14ClN3O. The van der Waals surface area contributed by atoms with E-state index in [1.807, 2.05) is 12.1 Å². The molecule has 94 valence electrons. The van der Waals surface area contributed by atoms with Crippen LogP contribution in [0.4, 0.5) is 5.95 Å². The van der Waals surface area contributed by atoms with Gasteiger partial charge in [-0.05, 0) is 24.6 Å². The lowest BCUT2D eigenvalue weighted by atomic mass is 10.3. The molecule has 0 aliphatic rings. The smallest absolute Gasteiger partial charge is 0.225 e. The van der Waals surface area contributed by atoms with E-state index >= 15 is 0 Å². The molecule has 1 aromatic heterocycles. The summed E-state index contributed by atoms with van der Waals surface area (Å²) in [6.45, 7) is 2.92. The number of hydrogen-bond donors (Lipinski definition) is 1. The maximum atomic E-state index is 5.89. The predicted octanol–water partition coefficient (Wildman–Crippen LogP) is 3.74. The van der Waals surface area contributed by atoms with Gasteiger partial charge in [0, 0.05) is 23.8 Å². The molecule has 5 heteroatoms. The molecule has 0 atom stereocenters. The van der Waals surface area contributed by atoms with E-state index in [0.717, 1.165) is 13.0 Å². The van der Waals surface area contributed by atoms with Crippen LogP contribution in [0, 0.1) is 0 Å². The van der Waals surface area contributed by atoms with Crippen molar-refractivity contribution in [3.8, 4) is 11.6 Å². The van der Waals surface area contributed by atoms with Crippen molar-refractivity contribution < 1.29 is 4.74 Å². The molecule has 0 spiro atoms. The highest BCUT2D eigenvalue weighted by atomic mass is 35.5. The standard InChI is InChI=1S/C13H14ClN3O/c1-2-7-15-13-16-8-6-12(17-13)18-11-5-3-4-10(14)9-11/h3-6,8-9H,2,7H2,1H3,(H,15,16,17). The van der Waals surface area contributed by atoms with Crippen LogP contribution in [0.2, 0.25) is 5.02 Å². The summed E-state index contributed by atoms with van der Waals surface area (Å²) in [6, 6.07) is 8.89. The second-order valence-electron chi connectivity index (χ2n) is 3.70. The number of anilines is 1. The molecule has 2 aromatic rings. The maximum absolute atomic E-state index is 5.89. The van der Waals surface area contributed by atoms with Crippen LogP contribution in [0.1, 0.15) is 13.3 Å². The first kappa shape index (κ1) is 12.6. The van der Waals surface area contributed by atoms with Crippen LogP contribution >= 0.6 is 11.6 Å². The average Bonchev–Trinajstić information content (AvgIpc) is 2.37. The first-order valence-electron chi connectivity index (χ1n) is 5.78. The second kappa shape index (κ2) is 6.21. The van der Waals surface area contributed by atoms with Crippen molar-refractivity contribution in [2.75, 3.05) is 11.9 Å². The first-order valence-corrected chi connectivity index (χ1v) is 6.16. The Morgan fingerprint density at radius 1 is 1.33 bits per heavy atom. The highest BCUT2D eigenvalue weighted by molar-refractivity contribution is 6.30. The minimum atomic E-state index is 0.492. The molecule has 1 aromatic carbocycles. The van der Waals surface area contributed by atoms with Gasteiger partial charge in [-0.1, -0.05) is 24.6 Å². The van der Waals surface area contributed by atoms with Crippen LogP contribution in [0.25, 0.3) is 0 Å². The van der Waals surface area contributed by atoms with E-state index in [1.54, 1.807) is 24.4 Å². The molecule has 0 saturated carbocycles. The topological polar surface area (TPSA) is 47.0 Å². The molecule has 0 unspecified atom stereocenters. The summed E-state index contributed by atoms with van der Waals surface area (Å²) in [6.07, 6.45) is 2.67. The summed E-state index contributed by atoms with van der Waals surface area (Å²) < 4.78 is 5.60. The molecule has 4 nitrogen and oxygen atoms in total. The van der Waals surface area contributed by atoms with Gasteiger partial charge in [-0.3, -0.25) is 0 Å². The highest BCUT2D eigenvalue weighted by Crippen LogP contribution is 2.22. The zero-order valence-electron chi connectivity index (χ0n) is 10.1. The molecular weight excluding hydrogens is 250 g/mol. The Morgan fingerprint density at radius 2 is 2.22 bits per heavy atom. The van der Waals surface area contributed by atoms with Gasteiger partial charge < -0.3 is 10.1 Å². The third-order valence-electron chi connectivity index (χ3n) is 2.18. The van der Waals surface area contributed by atoms with Crippen molar-refractivity contribution in [3.63, 3.8) is 0 Å². The zero-order chi connectivity index (χ0) is 12.8. The summed E-state index contributed by atoms with van der Waals surface area (Å²) in [4.78, 5) is 8.36. The molecule has 0 saturated heterocycles. The van der Waals surface area contributed by atoms with Crippen LogP contribution < -0.4 is 10.1 Å². The fourth-order valence-corrected chi connectivity index (χ4v) is 1.55. The lowest BCUT2D eigenvalue weighted by Crippen LogP contribution is -2.04. The highest BCUT2D eigenvalue weighted by Gasteiger charge is 2.01. The number of ether oxygens (including phenoxy) is 1. The largest absolute Gasteiger partial charge is 0.439 e. The average molecular weight is 264 g/mol. The molecule has 1 heterocycles. The normalized spacial score (nSPS) is 10.1. The number of benzene rings is 1. The number of halogens is 1. The van der Waals surface area contributed by atoms with Crippen molar-refractivity contribution in [2.45, 2.75) is 13.3 Å². The van der Waals surface area contributed by atoms with E-state index in [0.29, 0.717) is 22.6 Å². The summed E-state index contributed by atoms with van der Waals surface area (Å²) in [5.41, 5.74) is 0. The number of aromatic nitrogens is 2. The van der Waals surface area contributed by atoms with Crippen LogP contribution in [0.5, 0.6) is 11.6 Å². The Labute approximate surface area is 111 Å². The van der Waals surface area contributed by atoms with Gasteiger partial charge in [-0.25, -0.2) is 4.98 Å².